The van der Waals surface area contributed by atoms with Crippen molar-refractivity contribution in [3.8, 4) is 11.5 Å². The zero-order chi connectivity index (χ0) is 20.9. The van der Waals surface area contributed by atoms with E-state index in [0.29, 0.717) is 5.75 Å². The minimum absolute atomic E-state index is 0.0797. The van der Waals surface area contributed by atoms with Gasteiger partial charge in [-0.25, -0.2) is 8.42 Å². The highest BCUT2D eigenvalue weighted by Gasteiger charge is 2.29. The van der Waals surface area contributed by atoms with Gasteiger partial charge in [-0.2, -0.15) is 0 Å². The Morgan fingerprint density at radius 1 is 1.18 bits per heavy atom. The minimum Gasteiger partial charge on any atom is -0.497 e. The molecule has 1 N–H and O–H groups in total. The fraction of sp³-hybridized carbons (Fsp3) is 0.235. The SMILES string of the molecule is COc1ccc(N(CCC(=O)O)S(=O)(=O)c2cccc([N+](=O)[O-])c2)c(OC)c1. The van der Waals surface area contributed by atoms with E-state index >= 15 is 0 Å². The van der Waals surface area contributed by atoms with Crippen molar-refractivity contribution in [2.24, 2.45) is 0 Å². The summed E-state index contributed by atoms with van der Waals surface area (Å²) in [5.74, 6) is -0.656. The van der Waals surface area contributed by atoms with Crippen molar-refractivity contribution < 1.29 is 32.7 Å². The third-order valence-corrected chi connectivity index (χ3v) is 5.61. The lowest BCUT2D eigenvalue weighted by atomic mass is 10.2. The Hall–Kier alpha value is -3.34. The number of ether oxygens (including phenoxy) is 2. The number of aliphatic carboxylic acids is 1. The topological polar surface area (TPSA) is 136 Å². The van der Waals surface area contributed by atoms with Gasteiger partial charge in [0.1, 0.15) is 11.5 Å². The second-order valence-electron chi connectivity index (χ2n) is 5.51. The Morgan fingerprint density at radius 3 is 2.46 bits per heavy atom. The maximum absolute atomic E-state index is 13.2. The van der Waals surface area contributed by atoms with Gasteiger partial charge in [0.05, 0.1) is 36.1 Å². The molecule has 0 unspecified atom stereocenters. The first kappa shape index (κ1) is 21.0. The average Bonchev–Trinajstić information content (AvgIpc) is 2.67. The van der Waals surface area contributed by atoms with Gasteiger partial charge in [-0.05, 0) is 18.2 Å². The molecule has 11 heteroatoms. The summed E-state index contributed by atoms with van der Waals surface area (Å²) >= 11 is 0. The Balaban J connectivity index is 2.61. The van der Waals surface area contributed by atoms with Crippen molar-refractivity contribution in [1.82, 2.24) is 0 Å². The molecule has 2 aromatic carbocycles. The Bertz CT molecular complexity index is 990. The van der Waals surface area contributed by atoms with E-state index in [1.54, 1.807) is 0 Å². The van der Waals surface area contributed by atoms with Gasteiger partial charge < -0.3 is 14.6 Å². The zero-order valence-corrected chi connectivity index (χ0v) is 15.9. The molecule has 10 nitrogen and oxygen atoms in total. The first-order valence-electron chi connectivity index (χ1n) is 7.91. The summed E-state index contributed by atoms with van der Waals surface area (Å²) in [5, 5.41) is 20.0. The van der Waals surface area contributed by atoms with Gasteiger partial charge in [0.25, 0.3) is 15.7 Å². The molecule has 0 aliphatic heterocycles. The number of hydrogen-bond acceptors (Lipinski definition) is 7. The maximum Gasteiger partial charge on any atom is 0.305 e. The highest BCUT2D eigenvalue weighted by Crippen LogP contribution is 2.36. The van der Waals surface area contributed by atoms with Gasteiger partial charge in [0.15, 0.2) is 0 Å². The number of hydrogen-bond donors (Lipinski definition) is 1. The molecule has 0 heterocycles. The Kier molecular flexibility index (Phi) is 6.41. The number of methoxy groups -OCH3 is 2. The molecule has 0 amide bonds. The highest BCUT2D eigenvalue weighted by atomic mass is 32.2. The van der Waals surface area contributed by atoms with Crippen LogP contribution in [0.5, 0.6) is 11.5 Å². The fourth-order valence-corrected chi connectivity index (χ4v) is 3.96. The van der Waals surface area contributed by atoms with E-state index in [0.717, 1.165) is 16.4 Å². The van der Waals surface area contributed by atoms with Crippen molar-refractivity contribution in [3.05, 3.63) is 52.6 Å². The molecular weight excluding hydrogens is 392 g/mol. The summed E-state index contributed by atoms with van der Waals surface area (Å²) in [6.07, 6.45) is -0.483. The molecular formula is C17H18N2O8S. The smallest absolute Gasteiger partial charge is 0.305 e. The molecule has 0 bridgehead atoms. The van der Waals surface area contributed by atoms with Crippen LogP contribution in [0.4, 0.5) is 11.4 Å². The number of carboxylic acid groups (broad SMARTS) is 1. The number of non-ortho nitro benzene ring substituents is 1. The van der Waals surface area contributed by atoms with Crippen molar-refractivity contribution in [2.75, 3.05) is 25.1 Å². The molecule has 0 atom stereocenters. The van der Waals surface area contributed by atoms with Crippen molar-refractivity contribution >= 4 is 27.4 Å². The lowest BCUT2D eigenvalue weighted by Crippen LogP contribution is -2.33. The Morgan fingerprint density at radius 2 is 1.89 bits per heavy atom. The fourth-order valence-electron chi connectivity index (χ4n) is 2.44. The largest absolute Gasteiger partial charge is 0.497 e. The van der Waals surface area contributed by atoms with Gasteiger partial charge in [-0.15, -0.1) is 0 Å². The lowest BCUT2D eigenvalue weighted by Gasteiger charge is -2.25. The van der Waals surface area contributed by atoms with Crippen LogP contribution in [0.1, 0.15) is 6.42 Å². The number of sulfonamides is 1. The van der Waals surface area contributed by atoms with Crippen LogP contribution in [0.15, 0.2) is 47.4 Å². The summed E-state index contributed by atoms with van der Waals surface area (Å²) in [7, 11) is -1.56. The number of nitro groups is 1. The first-order valence-corrected chi connectivity index (χ1v) is 9.35. The van der Waals surface area contributed by atoms with E-state index < -0.39 is 39.6 Å². The number of rotatable bonds is 9. The summed E-state index contributed by atoms with van der Waals surface area (Å²) in [6, 6.07) is 8.88. The standard InChI is InChI=1S/C17H18N2O8S/c1-26-13-6-7-15(16(11-13)27-2)18(9-8-17(20)21)28(24,25)14-5-3-4-12(10-14)19(22)23/h3-7,10-11H,8-9H2,1-2H3,(H,20,21). The minimum atomic E-state index is -4.31. The molecule has 0 saturated heterocycles. The number of benzene rings is 2. The van der Waals surface area contributed by atoms with E-state index in [4.69, 9.17) is 14.6 Å². The van der Waals surface area contributed by atoms with E-state index in [1.807, 2.05) is 0 Å². The first-order chi connectivity index (χ1) is 13.2. The number of carboxylic acids is 1. The van der Waals surface area contributed by atoms with Gasteiger partial charge in [-0.1, -0.05) is 6.07 Å². The summed E-state index contributed by atoms with van der Waals surface area (Å²) in [6.45, 7) is -0.400. The summed E-state index contributed by atoms with van der Waals surface area (Å²) in [5.41, 5.74) is -0.322. The van der Waals surface area contributed by atoms with E-state index in [9.17, 15) is 23.3 Å². The second-order valence-corrected chi connectivity index (χ2v) is 7.38. The third kappa shape index (κ3) is 4.49. The molecule has 28 heavy (non-hydrogen) atoms. The molecule has 0 aliphatic carbocycles. The van der Waals surface area contributed by atoms with Gasteiger partial charge >= 0.3 is 5.97 Å². The monoisotopic (exact) mass is 410 g/mol. The second kappa shape index (κ2) is 8.57. The molecule has 0 radical (unpaired) electrons. The number of nitrogens with zero attached hydrogens (tertiary/aromatic N) is 2. The normalized spacial score (nSPS) is 10.9. The quantitative estimate of drug-likeness (QED) is 0.491. The van der Waals surface area contributed by atoms with Gasteiger partial charge in [0.2, 0.25) is 0 Å². The van der Waals surface area contributed by atoms with Gasteiger partial charge in [0, 0.05) is 24.7 Å². The van der Waals surface area contributed by atoms with E-state index in [2.05, 4.69) is 0 Å². The van der Waals surface area contributed by atoms with Crippen LogP contribution in [-0.4, -0.2) is 45.2 Å². The molecule has 2 rings (SSSR count). The lowest BCUT2D eigenvalue weighted by molar-refractivity contribution is -0.385. The van der Waals surface area contributed by atoms with Crippen LogP contribution in [0.25, 0.3) is 0 Å². The molecule has 0 aliphatic rings. The van der Waals surface area contributed by atoms with Crippen LogP contribution < -0.4 is 13.8 Å². The average molecular weight is 410 g/mol. The summed E-state index contributed by atoms with van der Waals surface area (Å²) in [4.78, 5) is 21.0. The third-order valence-electron chi connectivity index (χ3n) is 3.80. The molecule has 150 valence electrons. The van der Waals surface area contributed by atoms with Crippen LogP contribution >= 0.6 is 0 Å². The molecule has 0 saturated carbocycles. The van der Waals surface area contributed by atoms with Crippen LogP contribution in [0, 0.1) is 10.1 Å². The Labute approximate surface area is 161 Å². The molecule has 0 fully saturated rings. The van der Waals surface area contributed by atoms with E-state index in [1.165, 1.54) is 44.6 Å². The number of anilines is 1. The predicted molar refractivity (Wildman–Crippen MR) is 99.4 cm³/mol. The van der Waals surface area contributed by atoms with Crippen molar-refractivity contribution in [2.45, 2.75) is 11.3 Å². The molecule has 2 aromatic rings. The van der Waals surface area contributed by atoms with Crippen LogP contribution in [0.2, 0.25) is 0 Å². The molecule has 0 spiro atoms. The van der Waals surface area contributed by atoms with Crippen LogP contribution in [0.3, 0.4) is 0 Å². The predicted octanol–water partition coefficient (Wildman–Crippen LogP) is 2.28. The van der Waals surface area contributed by atoms with Gasteiger partial charge in [-0.3, -0.25) is 19.2 Å². The van der Waals surface area contributed by atoms with E-state index in [-0.39, 0.29) is 16.3 Å². The van der Waals surface area contributed by atoms with Crippen molar-refractivity contribution in [1.29, 1.82) is 0 Å². The summed E-state index contributed by atoms with van der Waals surface area (Å²) < 4.78 is 37.5. The maximum atomic E-state index is 13.2. The molecule has 0 aromatic heterocycles. The number of nitro benzene ring substituents is 1. The number of carbonyl (C=O) groups is 1. The van der Waals surface area contributed by atoms with Crippen LogP contribution in [-0.2, 0) is 14.8 Å². The zero-order valence-electron chi connectivity index (χ0n) is 15.1. The highest BCUT2D eigenvalue weighted by molar-refractivity contribution is 7.92. The van der Waals surface area contributed by atoms with Crippen molar-refractivity contribution in [3.63, 3.8) is 0 Å².